The van der Waals surface area contributed by atoms with Crippen LogP contribution < -0.4 is 10.1 Å². The van der Waals surface area contributed by atoms with Gasteiger partial charge < -0.3 is 15.0 Å². The number of aromatic amines is 1. The Labute approximate surface area is 120 Å². The zero-order valence-corrected chi connectivity index (χ0v) is 12.3. The number of benzene rings is 1. The van der Waals surface area contributed by atoms with Gasteiger partial charge in [-0.2, -0.15) is 0 Å². The summed E-state index contributed by atoms with van der Waals surface area (Å²) in [5.41, 5.74) is 2.55. The van der Waals surface area contributed by atoms with E-state index in [0.29, 0.717) is 12.6 Å². The van der Waals surface area contributed by atoms with Crippen molar-refractivity contribution >= 4 is 10.9 Å². The SMILES string of the molecule is CCOc1ccc2[nH]cc(C(C)N3CCNCC3)c2c1. The number of ether oxygens (including phenoxy) is 1. The van der Waals surface area contributed by atoms with E-state index in [1.165, 1.54) is 16.5 Å². The van der Waals surface area contributed by atoms with Crippen molar-refractivity contribution in [1.82, 2.24) is 15.2 Å². The van der Waals surface area contributed by atoms with Gasteiger partial charge in [-0.15, -0.1) is 0 Å². The van der Waals surface area contributed by atoms with Crippen molar-refractivity contribution in [2.45, 2.75) is 19.9 Å². The van der Waals surface area contributed by atoms with E-state index in [9.17, 15) is 0 Å². The number of rotatable bonds is 4. The van der Waals surface area contributed by atoms with Crippen molar-refractivity contribution in [1.29, 1.82) is 0 Å². The van der Waals surface area contributed by atoms with Gasteiger partial charge in [0.2, 0.25) is 0 Å². The molecular formula is C16H23N3O. The molecule has 1 aromatic heterocycles. The monoisotopic (exact) mass is 273 g/mol. The van der Waals surface area contributed by atoms with Crippen LogP contribution in [-0.2, 0) is 0 Å². The van der Waals surface area contributed by atoms with Gasteiger partial charge >= 0.3 is 0 Å². The predicted molar refractivity (Wildman–Crippen MR) is 82.3 cm³/mol. The van der Waals surface area contributed by atoms with Gasteiger partial charge in [0.05, 0.1) is 6.61 Å². The lowest BCUT2D eigenvalue weighted by molar-refractivity contribution is 0.186. The molecule has 1 aromatic carbocycles. The first-order valence-electron chi connectivity index (χ1n) is 7.48. The summed E-state index contributed by atoms with van der Waals surface area (Å²) in [4.78, 5) is 5.91. The van der Waals surface area contributed by atoms with Crippen LogP contribution >= 0.6 is 0 Å². The molecule has 0 aliphatic carbocycles. The molecule has 1 aliphatic heterocycles. The van der Waals surface area contributed by atoms with Crippen LogP contribution in [0.1, 0.15) is 25.5 Å². The minimum atomic E-state index is 0.433. The number of H-pyrrole nitrogens is 1. The highest BCUT2D eigenvalue weighted by Crippen LogP contribution is 2.30. The zero-order valence-electron chi connectivity index (χ0n) is 12.3. The molecule has 4 nitrogen and oxygen atoms in total. The molecular weight excluding hydrogens is 250 g/mol. The molecule has 0 bridgehead atoms. The molecule has 2 aromatic rings. The quantitative estimate of drug-likeness (QED) is 0.899. The Morgan fingerprint density at radius 1 is 1.30 bits per heavy atom. The Morgan fingerprint density at radius 3 is 2.85 bits per heavy atom. The molecule has 108 valence electrons. The van der Waals surface area contributed by atoms with Gasteiger partial charge in [0.1, 0.15) is 5.75 Å². The number of nitrogens with zero attached hydrogens (tertiary/aromatic N) is 1. The van der Waals surface area contributed by atoms with Crippen LogP contribution in [0.15, 0.2) is 24.4 Å². The Balaban J connectivity index is 1.91. The standard InChI is InChI=1S/C16H23N3O/c1-3-20-13-4-5-16-14(10-13)15(11-18-16)12(2)19-8-6-17-7-9-19/h4-5,10-12,17-18H,3,6-9H2,1-2H3. The van der Waals surface area contributed by atoms with Crippen molar-refractivity contribution in [2.75, 3.05) is 32.8 Å². The van der Waals surface area contributed by atoms with Crippen molar-refractivity contribution in [3.8, 4) is 5.75 Å². The van der Waals surface area contributed by atoms with Gasteiger partial charge in [-0.05, 0) is 37.6 Å². The van der Waals surface area contributed by atoms with Gasteiger partial charge in [0, 0.05) is 49.3 Å². The fraction of sp³-hybridized carbons (Fsp3) is 0.500. The summed E-state index contributed by atoms with van der Waals surface area (Å²) in [5.74, 6) is 0.952. The van der Waals surface area contributed by atoms with Crippen LogP contribution in [0.3, 0.4) is 0 Å². The van der Waals surface area contributed by atoms with Gasteiger partial charge in [0.15, 0.2) is 0 Å². The highest BCUT2D eigenvalue weighted by Gasteiger charge is 2.20. The van der Waals surface area contributed by atoms with E-state index in [2.05, 4.69) is 40.5 Å². The molecule has 20 heavy (non-hydrogen) atoms. The highest BCUT2D eigenvalue weighted by molar-refractivity contribution is 5.85. The molecule has 4 heteroatoms. The summed E-state index contributed by atoms with van der Waals surface area (Å²) in [6.07, 6.45) is 2.15. The maximum absolute atomic E-state index is 5.63. The average Bonchev–Trinajstić information content (AvgIpc) is 2.91. The average molecular weight is 273 g/mol. The number of hydrogen-bond donors (Lipinski definition) is 2. The number of hydrogen-bond acceptors (Lipinski definition) is 3. The summed E-state index contributed by atoms with van der Waals surface area (Å²) in [6.45, 7) is 9.40. The maximum Gasteiger partial charge on any atom is 0.120 e. The second-order valence-electron chi connectivity index (χ2n) is 5.35. The number of fused-ring (bicyclic) bond motifs is 1. The summed E-state index contributed by atoms with van der Waals surface area (Å²) in [5, 5.41) is 4.69. The van der Waals surface area contributed by atoms with Gasteiger partial charge in [0.25, 0.3) is 0 Å². The lowest BCUT2D eigenvalue weighted by Crippen LogP contribution is -2.44. The van der Waals surface area contributed by atoms with Crippen LogP contribution in [0.4, 0.5) is 0 Å². The molecule has 1 saturated heterocycles. The molecule has 2 N–H and O–H groups in total. The number of aromatic nitrogens is 1. The lowest BCUT2D eigenvalue weighted by Gasteiger charge is -2.32. The summed E-state index contributed by atoms with van der Waals surface area (Å²) >= 11 is 0. The first-order chi connectivity index (χ1) is 9.79. The van der Waals surface area contributed by atoms with Crippen LogP contribution in [0.5, 0.6) is 5.75 Å². The van der Waals surface area contributed by atoms with E-state index in [0.717, 1.165) is 31.9 Å². The van der Waals surface area contributed by atoms with Crippen LogP contribution in [0.25, 0.3) is 10.9 Å². The van der Waals surface area contributed by atoms with E-state index in [4.69, 9.17) is 4.74 Å². The fourth-order valence-electron chi connectivity index (χ4n) is 2.99. The summed E-state index contributed by atoms with van der Waals surface area (Å²) < 4.78 is 5.63. The van der Waals surface area contributed by atoms with Crippen LogP contribution in [-0.4, -0.2) is 42.7 Å². The normalized spacial score (nSPS) is 18.3. The third-order valence-corrected chi connectivity index (χ3v) is 4.15. The third kappa shape index (κ3) is 2.53. The molecule has 1 unspecified atom stereocenters. The zero-order chi connectivity index (χ0) is 13.9. The smallest absolute Gasteiger partial charge is 0.120 e. The first kappa shape index (κ1) is 13.5. The van der Waals surface area contributed by atoms with E-state index >= 15 is 0 Å². The van der Waals surface area contributed by atoms with E-state index in [1.54, 1.807) is 0 Å². The van der Waals surface area contributed by atoms with Crippen LogP contribution in [0, 0.1) is 0 Å². The van der Waals surface area contributed by atoms with Crippen LogP contribution in [0.2, 0.25) is 0 Å². The fourth-order valence-corrected chi connectivity index (χ4v) is 2.99. The summed E-state index contributed by atoms with van der Waals surface area (Å²) in [6, 6.07) is 6.72. The second kappa shape index (κ2) is 5.85. The minimum absolute atomic E-state index is 0.433. The first-order valence-corrected chi connectivity index (χ1v) is 7.48. The Morgan fingerprint density at radius 2 is 2.10 bits per heavy atom. The molecule has 1 fully saturated rings. The third-order valence-electron chi connectivity index (χ3n) is 4.15. The van der Waals surface area contributed by atoms with Gasteiger partial charge in [-0.3, -0.25) is 4.90 Å². The van der Waals surface area contributed by atoms with Crippen molar-refractivity contribution < 1.29 is 4.74 Å². The topological polar surface area (TPSA) is 40.3 Å². The lowest BCUT2D eigenvalue weighted by atomic mass is 10.0. The second-order valence-corrected chi connectivity index (χ2v) is 5.35. The van der Waals surface area contributed by atoms with E-state index in [-0.39, 0.29) is 0 Å². The molecule has 3 rings (SSSR count). The predicted octanol–water partition coefficient (Wildman–Crippen LogP) is 2.53. The maximum atomic E-state index is 5.63. The minimum Gasteiger partial charge on any atom is -0.494 e. The molecule has 0 spiro atoms. The van der Waals surface area contributed by atoms with Crippen molar-refractivity contribution in [2.24, 2.45) is 0 Å². The van der Waals surface area contributed by atoms with E-state index in [1.807, 2.05) is 13.0 Å². The van der Waals surface area contributed by atoms with Crippen molar-refractivity contribution in [3.05, 3.63) is 30.0 Å². The largest absolute Gasteiger partial charge is 0.494 e. The Bertz CT molecular complexity index is 572. The Hall–Kier alpha value is -1.52. The summed E-state index contributed by atoms with van der Waals surface area (Å²) in [7, 11) is 0. The van der Waals surface area contributed by atoms with E-state index < -0.39 is 0 Å². The molecule has 1 aliphatic rings. The molecule has 0 radical (unpaired) electrons. The molecule has 0 saturated carbocycles. The number of piperazine rings is 1. The molecule has 1 atom stereocenters. The van der Waals surface area contributed by atoms with Gasteiger partial charge in [-0.25, -0.2) is 0 Å². The number of nitrogens with one attached hydrogen (secondary N) is 2. The molecule has 0 amide bonds. The van der Waals surface area contributed by atoms with Crippen molar-refractivity contribution in [3.63, 3.8) is 0 Å². The van der Waals surface area contributed by atoms with Gasteiger partial charge in [-0.1, -0.05) is 0 Å². The molecule has 2 heterocycles. The Kier molecular flexibility index (Phi) is 3.94. The highest BCUT2D eigenvalue weighted by atomic mass is 16.5.